The zero-order valence-electron chi connectivity index (χ0n) is 14.3. The summed E-state index contributed by atoms with van der Waals surface area (Å²) in [5, 5.41) is 7.55. The summed E-state index contributed by atoms with van der Waals surface area (Å²) in [6, 6.07) is 0. The summed E-state index contributed by atoms with van der Waals surface area (Å²) in [5.41, 5.74) is 7.62. The summed E-state index contributed by atoms with van der Waals surface area (Å²) in [6.07, 6.45) is 6.89. The van der Waals surface area contributed by atoms with E-state index in [0.717, 1.165) is 34.8 Å². The van der Waals surface area contributed by atoms with Gasteiger partial charge in [0.05, 0.1) is 15.3 Å². The van der Waals surface area contributed by atoms with Crippen LogP contribution in [0.2, 0.25) is 0 Å². The quantitative estimate of drug-likeness (QED) is 0.655. The number of nitrogens with one attached hydrogen (secondary N) is 1. The molecule has 2 aromatic heterocycles. The number of aromatic nitrogens is 2. The van der Waals surface area contributed by atoms with Crippen molar-refractivity contribution in [1.82, 2.24) is 9.78 Å². The van der Waals surface area contributed by atoms with E-state index in [1.165, 1.54) is 27.3 Å². The van der Waals surface area contributed by atoms with Gasteiger partial charge in [0.1, 0.15) is 10.7 Å². The third-order valence-electron chi connectivity index (χ3n) is 4.65. The van der Waals surface area contributed by atoms with Crippen molar-refractivity contribution in [2.45, 2.75) is 39.0 Å². The molecule has 0 saturated heterocycles. The Balaban J connectivity index is 1.92. The van der Waals surface area contributed by atoms with Crippen molar-refractivity contribution in [3.63, 3.8) is 0 Å². The lowest BCUT2D eigenvalue weighted by Gasteiger charge is -2.21. The van der Waals surface area contributed by atoms with Gasteiger partial charge in [-0.1, -0.05) is 19.8 Å². The lowest BCUT2D eigenvalue weighted by atomic mass is 9.84. The zero-order valence-corrected chi connectivity index (χ0v) is 17.2. The summed E-state index contributed by atoms with van der Waals surface area (Å²) in [4.78, 5) is 25.9. The topological polar surface area (TPSA) is 90.0 Å². The highest BCUT2D eigenvalue weighted by atomic mass is 127. The van der Waals surface area contributed by atoms with Crippen molar-refractivity contribution >= 4 is 50.7 Å². The molecule has 0 aliphatic heterocycles. The Kier molecular flexibility index (Phi) is 5.47. The number of primary amides is 1. The molecule has 25 heavy (non-hydrogen) atoms. The Hall–Kier alpha value is -1.42. The molecule has 0 aromatic carbocycles. The van der Waals surface area contributed by atoms with E-state index in [0.29, 0.717) is 22.2 Å². The number of amides is 2. The van der Waals surface area contributed by atoms with E-state index in [9.17, 15) is 9.59 Å². The van der Waals surface area contributed by atoms with Crippen LogP contribution < -0.4 is 11.1 Å². The fraction of sp³-hybridized carbons (Fsp3) is 0.471. The smallest absolute Gasteiger partial charge is 0.275 e. The Morgan fingerprint density at radius 2 is 2.28 bits per heavy atom. The van der Waals surface area contributed by atoms with Crippen LogP contribution in [0.3, 0.4) is 0 Å². The number of anilines is 1. The van der Waals surface area contributed by atoms with Crippen LogP contribution in [0.25, 0.3) is 0 Å². The van der Waals surface area contributed by atoms with Gasteiger partial charge in [0.25, 0.3) is 11.8 Å². The largest absolute Gasteiger partial charge is 0.365 e. The Morgan fingerprint density at radius 3 is 2.88 bits per heavy atom. The fourth-order valence-corrected chi connectivity index (χ4v) is 5.57. The van der Waals surface area contributed by atoms with Gasteiger partial charge in [-0.05, 0) is 53.3 Å². The first-order chi connectivity index (χ1) is 11.9. The minimum atomic E-state index is -0.471. The van der Waals surface area contributed by atoms with Crippen molar-refractivity contribution in [3.8, 4) is 0 Å². The number of halogens is 1. The van der Waals surface area contributed by atoms with Gasteiger partial charge in [-0.15, -0.1) is 11.3 Å². The Labute approximate surface area is 164 Å². The molecule has 1 unspecified atom stereocenters. The van der Waals surface area contributed by atoms with Crippen LogP contribution in [-0.4, -0.2) is 21.6 Å². The number of thiophene rings is 1. The maximum Gasteiger partial charge on any atom is 0.275 e. The maximum atomic E-state index is 12.6. The normalized spacial score (nSPS) is 16.5. The molecule has 0 radical (unpaired) electrons. The number of rotatable bonds is 5. The molecule has 134 valence electrons. The Bertz CT molecular complexity index is 807. The van der Waals surface area contributed by atoms with Crippen LogP contribution in [-0.2, 0) is 19.9 Å². The van der Waals surface area contributed by atoms with Crippen LogP contribution in [0.15, 0.2) is 6.20 Å². The molecule has 8 heteroatoms. The van der Waals surface area contributed by atoms with E-state index >= 15 is 0 Å². The van der Waals surface area contributed by atoms with E-state index in [1.807, 2.05) is 0 Å². The molecule has 2 amide bonds. The summed E-state index contributed by atoms with van der Waals surface area (Å²) in [6.45, 7) is 2.19. The predicted molar refractivity (Wildman–Crippen MR) is 107 cm³/mol. The molecule has 0 fully saturated rings. The average Bonchev–Trinajstić information content (AvgIpc) is 3.06. The van der Waals surface area contributed by atoms with Crippen molar-refractivity contribution in [3.05, 3.63) is 31.5 Å². The first-order valence-corrected chi connectivity index (χ1v) is 10.2. The SMILES string of the molecule is CCCC1CCc2c(sc(NC(=O)c3c(I)cnn3C)c2C(N)=O)C1. The molecule has 3 N–H and O–H groups in total. The molecule has 1 aliphatic rings. The predicted octanol–water partition coefficient (Wildman–Crippen LogP) is 3.34. The van der Waals surface area contributed by atoms with Crippen LogP contribution in [0.4, 0.5) is 5.00 Å². The molecule has 0 saturated carbocycles. The number of hydrogen-bond acceptors (Lipinski definition) is 4. The molecule has 2 heterocycles. The van der Waals surface area contributed by atoms with E-state index in [1.54, 1.807) is 13.2 Å². The van der Waals surface area contributed by atoms with Gasteiger partial charge in [0.15, 0.2) is 0 Å². The minimum Gasteiger partial charge on any atom is -0.365 e. The third-order valence-corrected chi connectivity index (χ3v) is 6.61. The van der Waals surface area contributed by atoms with E-state index in [2.05, 4.69) is 39.9 Å². The first kappa shape index (κ1) is 18.4. The number of carbonyl (C=O) groups is 2. The van der Waals surface area contributed by atoms with Crippen LogP contribution in [0.1, 0.15) is 57.5 Å². The monoisotopic (exact) mass is 472 g/mol. The number of aryl methyl sites for hydroxylation is 1. The third kappa shape index (κ3) is 3.59. The lowest BCUT2D eigenvalue weighted by Crippen LogP contribution is -2.21. The van der Waals surface area contributed by atoms with Crippen molar-refractivity contribution in [1.29, 1.82) is 0 Å². The van der Waals surface area contributed by atoms with Crippen LogP contribution in [0, 0.1) is 9.49 Å². The second-order valence-electron chi connectivity index (χ2n) is 6.39. The zero-order chi connectivity index (χ0) is 18.1. The highest BCUT2D eigenvalue weighted by molar-refractivity contribution is 14.1. The molecular formula is C17H21IN4O2S. The summed E-state index contributed by atoms with van der Waals surface area (Å²) in [5.74, 6) is -0.0875. The average molecular weight is 472 g/mol. The van der Waals surface area contributed by atoms with Crippen molar-refractivity contribution in [2.75, 3.05) is 5.32 Å². The van der Waals surface area contributed by atoms with Gasteiger partial charge in [0.2, 0.25) is 0 Å². The molecular weight excluding hydrogens is 451 g/mol. The van der Waals surface area contributed by atoms with Gasteiger partial charge in [0, 0.05) is 11.9 Å². The second kappa shape index (κ2) is 7.45. The molecule has 3 rings (SSSR count). The molecule has 1 aliphatic carbocycles. The van der Waals surface area contributed by atoms with E-state index in [4.69, 9.17) is 5.73 Å². The van der Waals surface area contributed by atoms with Crippen molar-refractivity contribution in [2.24, 2.45) is 18.7 Å². The molecule has 2 aromatic rings. The minimum absolute atomic E-state index is 0.268. The van der Waals surface area contributed by atoms with Gasteiger partial charge in [-0.3, -0.25) is 14.3 Å². The summed E-state index contributed by atoms with van der Waals surface area (Å²) in [7, 11) is 1.72. The number of carbonyl (C=O) groups excluding carboxylic acids is 2. The van der Waals surface area contributed by atoms with E-state index < -0.39 is 5.91 Å². The van der Waals surface area contributed by atoms with Gasteiger partial charge in [-0.25, -0.2) is 0 Å². The molecule has 0 spiro atoms. The van der Waals surface area contributed by atoms with E-state index in [-0.39, 0.29) is 5.91 Å². The van der Waals surface area contributed by atoms with Crippen molar-refractivity contribution < 1.29 is 9.59 Å². The van der Waals surface area contributed by atoms with Gasteiger partial charge >= 0.3 is 0 Å². The second-order valence-corrected chi connectivity index (χ2v) is 8.66. The highest BCUT2D eigenvalue weighted by Crippen LogP contribution is 2.40. The molecule has 0 bridgehead atoms. The van der Waals surface area contributed by atoms with Crippen LogP contribution >= 0.6 is 33.9 Å². The number of nitrogens with two attached hydrogens (primary N) is 1. The van der Waals surface area contributed by atoms with Gasteiger partial charge < -0.3 is 11.1 Å². The summed E-state index contributed by atoms with van der Waals surface area (Å²) >= 11 is 3.57. The van der Waals surface area contributed by atoms with Crippen LogP contribution in [0.5, 0.6) is 0 Å². The van der Waals surface area contributed by atoms with Gasteiger partial charge in [-0.2, -0.15) is 5.10 Å². The number of hydrogen-bond donors (Lipinski definition) is 2. The molecule has 1 atom stereocenters. The number of fused-ring (bicyclic) bond motifs is 1. The standard InChI is InChI=1S/C17H21IN4O2S/c1-3-4-9-5-6-10-12(7-9)25-17(13(10)15(19)23)21-16(24)14-11(18)8-20-22(14)2/h8-9H,3-7H2,1-2H3,(H2,19,23)(H,21,24). The maximum absolute atomic E-state index is 12.6. The number of nitrogens with zero attached hydrogens (tertiary/aromatic N) is 2. The fourth-order valence-electron chi connectivity index (χ4n) is 3.49. The first-order valence-electron chi connectivity index (χ1n) is 8.35. The molecule has 6 nitrogen and oxygen atoms in total. The summed E-state index contributed by atoms with van der Waals surface area (Å²) < 4.78 is 2.30. The highest BCUT2D eigenvalue weighted by Gasteiger charge is 2.29. The lowest BCUT2D eigenvalue weighted by molar-refractivity contribution is 0.1000. The Morgan fingerprint density at radius 1 is 1.52 bits per heavy atom.